The zero-order valence-electron chi connectivity index (χ0n) is 21.6. The largest absolute Gasteiger partial charge is 0.511 e. The number of likely N-dealkylation sites (tertiary alicyclic amines) is 1. The standard InChI is InChI=1S/C26H47NO7/c1-19(22(28)21-23(29)20(2)27(3)24(21)30)17-15-13-11-9-7-5-6-8-10-12-14-16-18-34-26(33-4)25(31)32/h19-20,25-26,28,31-32H,5-18H2,1-4H3/b22-21-. The zero-order valence-corrected chi connectivity index (χ0v) is 21.6. The van der Waals surface area contributed by atoms with E-state index in [1.54, 1.807) is 14.0 Å². The van der Waals surface area contributed by atoms with Gasteiger partial charge in [-0.3, -0.25) is 9.59 Å². The summed E-state index contributed by atoms with van der Waals surface area (Å²) in [6.45, 7) is 4.04. The Balaban J connectivity index is 1.98. The van der Waals surface area contributed by atoms with Gasteiger partial charge in [-0.2, -0.15) is 0 Å². The van der Waals surface area contributed by atoms with E-state index >= 15 is 0 Å². The maximum absolute atomic E-state index is 12.2. The fraction of sp³-hybridized carbons (Fsp3) is 0.846. The average molecular weight is 486 g/mol. The van der Waals surface area contributed by atoms with Crippen molar-refractivity contribution in [2.75, 3.05) is 20.8 Å². The minimum Gasteiger partial charge on any atom is -0.511 e. The molecule has 0 aromatic rings. The third-order valence-electron chi connectivity index (χ3n) is 6.75. The van der Waals surface area contributed by atoms with Crippen molar-refractivity contribution < 1.29 is 34.4 Å². The van der Waals surface area contributed by atoms with Gasteiger partial charge in [0.2, 0.25) is 12.6 Å². The van der Waals surface area contributed by atoms with Crippen LogP contribution in [0.4, 0.5) is 0 Å². The number of likely N-dealkylation sites (N-methyl/N-ethyl adjacent to an activating group) is 1. The van der Waals surface area contributed by atoms with Gasteiger partial charge in [0.25, 0.3) is 5.91 Å². The van der Waals surface area contributed by atoms with Gasteiger partial charge in [0, 0.05) is 26.7 Å². The molecule has 3 unspecified atom stereocenters. The van der Waals surface area contributed by atoms with Crippen molar-refractivity contribution in [3.8, 4) is 0 Å². The van der Waals surface area contributed by atoms with Crippen LogP contribution >= 0.6 is 0 Å². The first-order valence-corrected chi connectivity index (χ1v) is 13.0. The van der Waals surface area contributed by atoms with Gasteiger partial charge in [-0.05, 0) is 19.8 Å². The molecule has 3 atom stereocenters. The summed E-state index contributed by atoms with van der Waals surface area (Å²) in [6, 6.07) is -0.492. The zero-order chi connectivity index (χ0) is 25.5. The van der Waals surface area contributed by atoms with Crippen LogP contribution in [0.3, 0.4) is 0 Å². The summed E-state index contributed by atoms with van der Waals surface area (Å²) in [7, 11) is 2.98. The average Bonchev–Trinajstić information content (AvgIpc) is 3.00. The Labute approximate surface area is 205 Å². The lowest BCUT2D eigenvalue weighted by atomic mass is 9.95. The molecule has 1 fully saturated rings. The van der Waals surface area contributed by atoms with Crippen LogP contribution in [-0.2, 0) is 19.1 Å². The van der Waals surface area contributed by atoms with Crippen LogP contribution in [-0.4, -0.2) is 71.3 Å². The number of hydrogen-bond acceptors (Lipinski definition) is 7. The molecule has 8 nitrogen and oxygen atoms in total. The van der Waals surface area contributed by atoms with Crippen molar-refractivity contribution in [1.82, 2.24) is 4.90 Å². The molecule has 1 aliphatic rings. The fourth-order valence-corrected chi connectivity index (χ4v) is 4.26. The number of amides is 1. The number of aliphatic hydroxyl groups excluding tert-OH is 2. The summed E-state index contributed by atoms with van der Waals surface area (Å²) in [6.07, 6.45) is 12.0. The van der Waals surface area contributed by atoms with Crippen LogP contribution in [0.5, 0.6) is 0 Å². The van der Waals surface area contributed by atoms with E-state index in [0.717, 1.165) is 38.5 Å². The molecular formula is C26H47NO7. The Morgan fingerprint density at radius 2 is 1.38 bits per heavy atom. The van der Waals surface area contributed by atoms with Crippen LogP contribution in [0.1, 0.15) is 97.3 Å². The number of ether oxygens (including phenoxy) is 2. The molecule has 0 aromatic carbocycles. The topological polar surface area (TPSA) is 117 Å². The van der Waals surface area contributed by atoms with Crippen LogP contribution < -0.4 is 0 Å². The van der Waals surface area contributed by atoms with Crippen molar-refractivity contribution in [3.05, 3.63) is 11.3 Å². The minimum atomic E-state index is -1.61. The first kappa shape index (κ1) is 30.6. The molecule has 0 aromatic heterocycles. The van der Waals surface area contributed by atoms with Crippen LogP contribution in [0, 0.1) is 5.92 Å². The van der Waals surface area contributed by atoms with E-state index in [4.69, 9.17) is 19.7 Å². The van der Waals surface area contributed by atoms with Gasteiger partial charge < -0.3 is 29.7 Å². The van der Waals surface area contributed by atoms with Crippen molar-refractivity contribution in [3.63, 3.8) is 0 Å². The van der Waals surface area contributed by atoms with E-state index in [9.17, 15) is 14.7 Å². The molecule has 1 saturated heterocycles. The lowest BCUT2D eigenvalue weighted by Gasteiger charge is -2.17. The smallest absolute Gasteiger partial charge is 0.261 e. The molecule has 0 saturated carbocycles. The molecule has 1 amide bonds. The SMILES string of the molecule is COC(OCCCCCCCCCCCCCCC(C)/C(O)=C1\C(=O)C(C)N(C)C1=O)C(O)O. The number of Topliss-reactive ketones (excluding diaryl/α,β-unsaturated/α-hetero) is 1. The Morgan fingerprint density at radius 3 is 1.79 bits per heavy atom. The van der Waals surface area contributed by atoms with Gasteiger partial charge in [0.05, 0.1) is 6.04 Å². The molecule has 1 heterocycles. The first-order valence-electron chi connectivity index (χ1n) is 13.0. The maximum atomic E-state index is 12.2. The Kier molecular flexibility index (Phi) is 15.3. The summed E-state index contributed by atoms with van der Waals surface area (Å²) in [5.74, 6) is -0.850. The molecule has 0 aliphatic carbocycles. The normalized spacial score (nSPS) is 19.9. The molecule has 1 aliphatic heterocycles. The number of methoxy groups -OCH3 is 1. The highest BCUT2D eigenvalue weighted by Crippen LogP contribution is 2.27. The molecule has 198 valence electrons. The summed E-state index contributed by atoms with van der Waals surface area (Å²) in [5.41, 5.74) is -0.0166. The quantitative estimate of drug-likeness (QED) is 0.0824. The summed E-state index contributed by atoms with van der Waals surface area (Å²) < 4.78 is 10.1. The Hall–Kier alpha value is -1.48. The van der Waals surface area contributed by atoms with Crippen LogP contribution in [0.25, 0.3) is 0 Å². The molecule has 3 N–H and O–H groups in total. The summed E-state index contributed by atoms with van der Waals surface area (Å²) in [4.78, 5) is 25.8. The second kappa shape index (κ2) is 17.0. The van der Waals surface area contributed by atoms with E-state index in [1.165, 1.54) is 57.0 Å². The number of carbonyl (C=O) groups is 2. The number of hydrogen-bond donors (Lipinski definition) is 3. The van der Waals surface area contributed by atoms with Crippen molar-refractivity contribution in [1.29, 1.82) is 0 Å². The number of rotatable bonds is 19. The third-order valence-corrected chi connectivity index (χ3v) is 6.75. The van der Waals surface area contributed by atoms with Gasteiger partial charge >= 0.3 is 0 Å². The molecule has 0 spiro atoms. The van der Waals surface area contributed by atoms with Gasteiger partial charge in [0.15, 0.2) is 5.78 Å². The number of unbranched alkanes of at least 4 members (excludes halogenated alkanes) is 11. The highest BCUT2D eigenvalue weighted by molar-refractivity contribution is 6.26. The Morgan fingerprint density at radius 1 is 0.912 bits per heavy atom. The number of carbonyl (C=O) groups excluding carboxylic acids is 2. The van der Waals surface area contributed by atoms with Crippen molar-refractivity contribution in [2.24, 2.45) is 5.92 Å². The van der Waals surface area contributed by atoms with Gasteiger partial charge in [-0.25, -0.2) is 0 Å². The lowest BCUT2D eigenvalue weighted by molar-refractivity contribution is -0.243. The third kappa shape index (κ3) is 10.4. The van der Waals surface area contributed by atoms with Gasteiger partial charge in [-0.1, -0.05) is 77.6 Å². The van der Waals surface area contributed by atoms with Crippen LogP contribution in [0.2, 0.25) is 0 Å². The van der Waals surface area contributed by atoms with E-state index in [2.05, 4.69) is 0 Å². The van der Waals surface area contributed by atoms with Crippen molar-refractivity contribution >= 4 is 11.7 Å². The van der Waals surface area contributed by atoms with Gasteiger partial charge in [-0.15, -0.1) is 0 Å². The van der Waals surface area contributed by atoms with Crippen molar-refractivity contribution in [2.45, 2.75) is 116 Å². The first-order chi connectivity index (χ1) is 16.2. The van der Waals surface area contributed by atoms with Gasteiger partial charge in [0.1, 0.15) is 11.3 Å². The monoisotopic (exact) mass is 485 g/mol. The van der Waals surface area contributed by atoms with E-state index in [0.29, 0.717) is 6.61 Å². The molecule has 0 bridgehead atoms. The number of ketones is 1. The van der Waals surface area contributed by atoms with E-state index in [1.807, 2.05) is 6.92 Å². The number of allylic oxidation sites excluding steroid dienone is 1. The predicted molar refractivity (Wildman–Crippen MR) is 131 cm³/mol. The molecule has 1 rings (SSSR count). The second-order valence-corrected chi connectivity index (χ2v) is 9.54. The highest BCUT2D eigenvalue weighted by Gasteiger charge is 2.41. The van der Waals surface area contributed by atoms with E-state index in [-0.39, 0.29) is 28.9 Å². The molecular weight excluding hydrogens is 438 g/mol. The lowest BCUT2D eigenvalue weighted by Crippen LogP contribution is -2.30. The fourth-order valence-electron chi connectivity index (χ4n) is 4.26. The number of nitrogens with zero attached hydrogens (tertiary/aromatic N) is 1. The molecule has 0 radical (unpaired) electrons. The summed E-state index contributed by atoms with van der Waals surface area (Å²) >= 11 is 0. The maximum Gasteiger partial charge on any atom is 0.261 e. The second-order valence-electron chi connectivity index (χ2n) is 9.54. The predicted octanol–water partition coefficient (Wildman–Crippen LogP) is 4.24. The molecule has 8 heteroatoms. The Bertz CT molecular complexity index is 613. The number of aliphatic hydroxyl groups is 3. The van der Waals surface area contributed by atoms with E-state index < -0.39 is 18.6 Å². The minimum absolute atomic E-state index is 0.0166. The van der Waals surface area contributed by atoms with Crippen LogP contribution in [0.15, 0.2) is 11.3 Å². The molecule has 34 heavy (non-hydrogen) atoms. The summed E-state index contributed by atoms with van der Waals surface area (Å²) in [5, 5.41) is 28.4. The highest BCUT2D eigenvalue weighted by atomic mass is 16.7.